The number of carbonyl (C=O) groups excluding carboxylic acids is 4. The minimum absolute atomic E-state index is 0.0446. The van der Waals surface area contributed by atoms with E-state index in [1.54, 1.807) is 28.2 Å². The van der Waals surface area contributed by atoms with E-state index in [1.165, 1.54) is 21.9 Å². The fourth-order valence-corrected chi connectivity index (χ4v) is 5.69. The first-order chi connectivity index (χ1) is 16.2. The molecule has 4 atom stereocenters. The molecule has 0 heterocycles. The van der Waals surface area contributed by atoms with Crippen LogP contribution in [-0.4, -0.2) is 93.4 Å². The highest BCUT2D eigenvalue weighted by atomic mass is 16.3. The Kier molecular flexibility index (Phi) is 5.53. The van der Waals surface area contributed by atoms with Gasteiger partial charge in [0.2, 0.25) is 5.78 Å². The molecule has 3 aliphatic rings. The number of nitrogens with two attached hydrogens (primary N) is 1. The summed E-state index contributed by atoms with van der Waals surface area (Å²) in [6.45, 7) is 0. The Bertz CT molecular complexity index is 1260. The quantitative estimate of drug-likeness (QED) is 0.363. The van der Waals surface area contributed by atoms with Gasteiger partial charge in [-0.1, -0.05) is 0 Å². The molecule has 186 valence electrons. The number of nitrogens with zero attached hydrogens (tertiary/aromatic N) is 2. The maximum absolute atomic E-state index is 13.6. The van der Waals surface area contributed by atoms with E-state index in [2.05, 4.69) is 0 Å². The summed E-state index contributed by atoms with van der Waals surface area (Å²) in [7, 11) is 6.20. The van der Waals surface area contributed by atoms with Crippen LogP contribution in [0.3, 0.4) is 0 Å². The van der Waals surface area contributed by atoms with E-state index in [1.807, 2.05) is 0 Å². The monoisotopic (exact) mass is 485 g/mol. The Labute approximate surface area is 200 Å². The summed E-state index contributed by atoms with van der Waals surface area (Å²) in [6.07, 6.45) is 0.00879. The number of hydrogen-bond acceptors (Lipinski definition) is 9. The number of aliphatic hydroxyl groups excluding tert-OH is 2. The number of fused-ring (bicyclic) bond motifs is 3. The molecule has 0 saturated heterocycles. The average molecular weight is 485 g/mol. The predicted molar refractivity (Wildman–Crippen MR) is 122 cm³/mol. The van der Waals surface area contributed by atoms with Crippen LogP contribution in [0.5, 0.6) is 5.75 Å². The lowest BCUT2D eigenvalue weighted by molar-refractivity contribution is -0.148. The molecule has 3 aliphatic carbocycles. The second-order valence-electron chi connectivity index (χ2n) is 9.65. The third-order valence-electron chi connectivity index (χ3n) is 7.24. The van der Waals surface area contributed by atoms with Gasteiger partial charge in [0.15, 0.2) is 11.4 Å². The summed E-state index contributed by atoms with van der Waals surface area (Å²) in [6, 6.07) is 1.54. The molecule has 2 unspecified atom stereocenters. The number of carbonyl (C=O) groups is 4. The van der Waals surface area contributed by atoms with Crippen molar-refractivity contribution in [1.29, 1.82) is 0 Å². The first kappa shape index (κ1) is 24.4. The summed E-state index contributed by atoms with van der Waals surface area (Å²) in [5.74, 6) is -7.66. The van der Waals surface area contributed by atoms with E-state index in [0.29, 0.717) is 5.56 Å². The van der Waals surface area contributed by atoms with Crippen molar-refractivity contribution in [1.82, 2.24) is 9.80 Å². The van der Waals surface area contributed by atoms with Gasteiger partial charge in [-0.05, 0) is 50.6 Å². The molecule has 0 radical (unpaired) electrons. The van der Waals surface area contributed by atoms with Gasteiger partial charge >= 0.3 is 0 Å². The van der Waals surface area contributed by atoms with Gasteiger partial charge in [-0.25, -0.2) is 0 Å². The highest BCUT2D eigenvalue weighted by Gasteiger charge is 2.63. The summed E-state index contributed by atoms with van der Waals surface area (Å²) < 4.78 is 0. The SMILES string of the molecule is CN(C)C(=O)c1ccc(O)c2c1C[C@@H]1C[C@@H]3C(N(C)C)C(O)=C(C(N)=O)C(=O)C3(O)C(O)=C1C2=O. The average Bonchev–Trinajstić information content (AvgIpc) is 2.75. The molecule has 0 aromatic heterocycles. The minimum atomic E-state index is -2.70. The number of primary amides is 1. The zero-order valence-corrected chi connectivity index (χ0v) is 19.7. The largest absolute Gasteiger partial charge is 0.510 e. The first-order valence-corrected chi connectivity index (χ1v) is 11.0. The van der Waals surface area contributed by atoms with E-state index in [9.17, 15) is 39.6 Å². The van der Waals surface area contributed by atoms with Gasteiger partial charge in [0.25, 0.3) is 11.8 Å². The zero-order chi connectivity index (χ0) is 26.1. The fourth-order valence-electron chi connectivity index (χ4n) is 5.69. The topological polar surface area (TPSA) is 182 Å². The Morgan fingerprint density at radius 3 is 2.26 bits per heavy atom. The number of aromatic hydroxyl groups is 1. The number of Topliss-reactive ketones (excluding diaryl/α,β-unsaturated/α-hetero) is 2. The molecule has 2 amide bonds. The summed E-state index contributed by atoms with van der Waals surface area (Å²) in [5.41, 5.74) is 1.78. The molecule has 0 aliphatic heterocycles. The van der Waals surface area contributed by atoms with E-state index >= 15 is 0 Å². The molecule has 1 aromatic carbocycles. The van der Waals surface area contributed by atoms with Gasteiger partial charge in [-0.15, -0.1) is 0 Å². The summed E-state index contributed by atoms with van der Waals surface area (Å²) >= 11 is 0. The predicted octanol–water partition coefficient (Wildman–Crippen LogP) is -0.178. The third-order valence-corrected chi connectivity index (χ3v) is 7.24. The van der Waals surface area contributed by atoms with Gasteiger partial charge in [-0.2, -0.15) is 0 Å². The van der Waals surface area contributed by atoms with Crippen LogP contribution in [0, 0.1) is 11.8 Å². The van der Waals surface area contributed by atoms with Crippen molar-refractivity contribution in [2.45, 2.75) is 24.5 Å². The van der Waals surface area contributed by atoms with Crippen molar-refractivity contribution in [2.75, 3.05) is 28.2 Å². The number of likely N-dealkylation sites (N-methyl/N-ethyl adjacent to an activating group) is 1. The molecule has 0 bridgehead atoms. The normalized spacial score (nSPS) is 28.0. The molecule has 35 heavy (non-hydrogen) atoms. The van der Waals surface area contributed by atoms with Gasteiger partial charge in [0.1, 0.15) is 22.8 Å². The zero-order valence-electron chi connectivity index (χ0n) is 19.7. The molecule has 11 nitrogen and oxygen atoms in total. The number of allylic oxidation sites excluding steroid dienone is 1. The van der Waals surface area contributed by atoms with Gasteiger partial charge < -0.3 is 31.1 Å². The van der Waals surface area contributed by atoms with Crippen LogP contribution in [0.25, 0.3) is 0 Å². The van der Waals surface area contributed by atoms with Crippen molar-refractivity contribution in [3.63, 3.8) is 0 Å². The van der Waals surface area contributed by atoms with Crippen molar-refractivity contribution in [3.05, 3.63) is 51.5 Å². The molecule has 6 N–H and O–H groups in total. The molecular weight excluding hydrogens is 458 g/mol. The Morgan fingerprint density at radius 1 is 1.09 bits per heavy atom. The van der Waals surface area contributed by atoms with Crippen molar-refractivity contribution < 1.29 is 39.6 Å². The standard InChI is InChI=1S/C24H27N3O8/c1-26(2)17-12-8-9-7-11-10(23(34)27(3)4)5-6-13(28)15(11)18(29)14(9)20(31)24(12,35)21(32)16(19(17)30)22(25)33/h5-6,9,12,17,28,30-31,35H,7-8H2,1-4H3,(H2,25,33)/t9-,12-,17?,24?/m1/s1. The van der Waals surface area contributed by atoms with Crippen LogP contribution in [0.1, 0.15) is 32.7 Å². The maximum Gasteiger partial charge on any atom is 0.255 e. The number of aliphatic hydroxyl groups is 3. The Balaban J connectivity index is 1.97. The highest BCUT2D eigenvalue weighted by molar-refractivity contribution is 6.25. The van der Waals surface area contributed by atoms with Crippen LogP contribution in [0.4, 0.5) is 0 Å². The lowest BCUT2D eigenvalue weighted by atomic mass is 9.58. The number of ketones is 2. The van der Waals surface area contributed by atoms with Crippen LogP contribution >= 0.6 is 0 Å². The van der Waals surface area contributed by atoms with E-state index in [0.717, 1.165) is 0 Å². The molecule has 4 rings (SSSR count). The van der Waals surface area contributed by atoms with Crippen molar-refractivity contribution >= 4 is 23.4 Å². The minimum Gasteiger partial charge on any atom is -0.510 e. The summed E-state index contributed by atoms with van der Waals surface area (Å²) in [5, 5.41) is 44.0. The van der Waals surface area contributed by atoms with Gasteiger partial charge in [0.05, 0.1) is 11.6 Å². The number of benzene rings is 1. The second kappa shape index (κ2) is 7.92. The molecule has 1 aromatic rings. The fraction of sp³-hybridized carbons (Fsp3) is 0.417. The smallest absolute Gasteiger partial charge is 0.255 e. The summed E-state index contributed by atoms with van der Waals surface area (Å²) in [4.78, 5) is 54.4. The van der Waals surface area contributed by atoms with Crippen LogP contribution in [0.15, 0.2) is 34.8 Å². The maximum atomic E-state index is 13.6. The Hall–Kier alpha value is -3.70. The number of hydrogen-bond donors (Lipinski definition) is 5. The van der Waals surface area contributed by atoms with E-state index < -0.39 is 63.8 Å². The molecule has 11 heteroatoms. The van der Waals surface area contributed by atoms with Crippen molar-refractivity contribution in [2.24, 2.45) is 17.6 Å². The lowest BCUT2D eigenvalue weighted by Crippen LogP contribution is -2.63. The molecule has 0 spiro atoms. The van der Waals surface area contributed by atoms with Gasteiger partial charge in [0, 0.05) is 31.1 Å². The van der Waals surface area contributed by atoms with Crippen LogP contribution in [-0.2, 0) is 16.0 Å². The van der Waals surface area contributed by atoms with E-state index in [-0.39, 0.29) is 35.4 Å². The number of rotatable bonds is 3. The lowest BCUT2D eigenvalue weighted by Gasteiger charge is -2.50. The number of phenolic OH excluding ortho intramolecular Hbond substituents is 1. The second-order valence-corrected chi connectivity index (χ2v) is 9.65. The van der Waals surface area contributed by atoms with Crippen LogP contribution in [0.2, 0.25) is 0 Å². The molecule has 0 saturated carbocycles. The van der Waals surface area contributed by atoms with Crippen LogP contribution < -0.4 is 5.73 Å². The third kappa shape index (κ3) is 3.18. The van der Waals surface area contributed by atoms with Gasteiger partial charge in [-0.3, -0.25) is 24.1 Å². The Morgan fingerprint density at radius 2 is 1.71 bits per heavy atom. The molecule has 0 fully saturated rings. The highest BCUT2D eigenvalue weighted by Crippen LogP contribution is 2.52. The number of amides is 2. The number of phenols is 1. The van der Waals surface area contributed by atoms with E-state index in [4.69, 9.17) is 5.73 Å². The van der Waals surface area contributed by atoms with Crippen molar-refractivity contribution in [3.8, 4) is 5.75 Å². The molecular formula is C24H27N3O8. The first-order valence-electron chi connectivity index (χ1n) is 11.0.